The molecule has 7 aromatic rings. The Bertz CT molecular complexity index is 5140. The van der Waals surface area contributed by atoms with Gasteiger partial charge >= 0.3 is 65.1 Å². The first kappa shape index (κ1) is 120. The quantitative estimate of drug-likeness (QED) is 0.00475. The molecule has 6 aromatic heterocycles. The number of hydrazine groups is 1. The second-order valence-corrected chi connectivity index (χ2v) is 38.8. The van der Waals surface area contributed by atoms with E-state index in [0.717, 1.165) is 155 Å². The maximum Gasteiger partial charge on any atom is 1.00 e. The molecule has 8 aliphatic rings. The van der Waals surface area contributed by atoms with Crippen LogP contribution in [0.5, 0.6) is 0 Å². The number of esters is 4. The monoisotopic (exact) mass is 2040 g/mol. The van der Waals surface area contributed by atoms with E-state index in [9.17, 15) is 47.8 Å². The first-order valence-electron chi connectivity index (χ1n) is 44.4. The predicted octanol–water partition coefficient (Wildman–Crippen LogP) is 14.8. The molecule has 137 heavy (non-hydrogen) atoms. The number of hydrogen-bond acceptors (Lipinski definition) is 32. The Balaban J connectivity index is 0.000000353. The van der Waals surface area contributed by atoms with Gasteiger partial charge in [0.1, 0.15) is 49.3 Å². The SMILES string of the molecule is C.C.C.C.C=C(C)CN(c1ccc(C2(C(=O)OC)CC2)nc1[N+](=O)[O-])C1CCOCC1.COC(=O)C1(c2ccc(N(CC(C)C)C3CCOCC3)c(N)n2)CC1.COC(=O)C1(c2ccc(N(CC(C)C)C3CCOCC3)c(Nc3ccc(Cl)cn3)n2)CC1.COC(=O)C1(c2ccc(N(CC(C)C)C3CCOCC3)c([N+](=O)[O-])n2)CC1.Cc1ccc(S(=O)(=O)NN)cc1.Clc1ccc(Br)nc1.[Na+].[OH-]. The molecule has 4 aliphatic heterocycles. The summed E-state index contributed by atoms with van der Waals surface area (Å²) in [5, 5.41) is 28.2. The van der Waals surface area contributed by atoms with Gasteiger partial charge in [0.2, 0.25) is 0 Å². The number of carbonyl (C=O) groups is 4. The molecule has 752 valence electrons. The predicted molar refractivity (Wildman–Crippen MR) is 534 cm³/mol. The van der Waals surface area contributed by atoms with Crippen LogP contribution in [-0.2, 0) is 88.8 Å². The number of nitrogen functional groups attached to an aromatic ring is 1. The molecule has 0 radical (unpaired) electrons. The first-order valence-corrected chi connectivity index (χ1v) is 47.5. The number of nitrogens with one attached hydrogen (secondary N) is 2. The Morgan fingerprint density at radius 2 is 0.818 bits per heavy atom. The topological polar surface area (TPSA) is 459 Å². The molecule has 35 nitrogen and oxygen atoms in total. The average Bonchev–Trinajstić information content (AvgIpc) is 1.58. The zero-order chi connectivity index (χ0) is 95.1. The van der Waals surface area contributed by atoms with Gasteiger partial charge in [-0.25, -0.2) is 28.4 Å². The van der Waals surface area contributed by atoms with E-state index < -0.39 is 41.5 Å². The fourth-order valence-electron chi connectivity index (χ4n) is 16.6. The van der Waals surface area contributed by atoms with Crippen molar-refractivity contribution in [1.29, 1.82) is 0 Å². The summed E-state index contributed by atoms with van der Waals surface area (Å²) >= 11 is 14.7. The van der Waals surface area contributed by atoms with Crippen molar-refractivity contribution in [1.82, 2.24) is 34.7 Å². The number of rotatable bonds is 30. The Morgan fingerprint density at radius 1 is 0.504 bits per heavy atom. The van der Waals surface area contributed by atoms with E-state index in [1.54, 1.807) is 71.8 Å². The Morgan fingerprint density at radius 3 is 1.12 bits per heavy atom. The number of sulfonamides is 1. The van der Waals surface area contributed by atoms with E-state index in [1.165, 1.54) is 40.6 Å². The maximum atomic E-state index is 12.5. The van der Waals surface area contributed by atoms with Crippen LogP contribution in [0.15, 0.2) is 131 Å². The average molecular weight is 2040 g/mol. The van der Waals surface area contributed by atoms with Gasteiger partial charge in [0.05, 0.1) is 66.1 Å². The number of aryl methyl sites for hydroxylation is 1. The molecule has 0 atom stereocenters. The van der Waals surface area contributed by atoms with Crippen molar-refractivity contribution in [3.8, 4) is 0 Å². The largest absolute Gasteiger partial charge is 1.00 e. The Kier molecular flexibility index (Phi) is 48.6. The molecule has 40 heteroatoms. The number of nitrogens with two attached hydrogens (primary N) is 2. The number of methoxy groups -OCH3 is 4. The molecule has 15 rings (SSSR count). The number of pyridine rings is 6. The summed E-state index contributed by atoms with van der Waals surface area (Å²) in [4.78, 5) is 109. The van der Waals surface area contributed by atoms with Crippen molar-refractivity contribution in [3.63, 3.8) is 0 Å². The molecule has 0 unspecified atom stereocenters. The van der Waals surface area contributed by atoms with Gasteiger partial charge in [-0.15, -0.1) is 0 Å². The van der Waals surface area contributed by atoms with Gasteiger partial charge in [-0.2, -0.15) is 4.83 Å². The van der Waals surface area contributed by atoms with Crippen LogP contribution in [0.25, 0.3) is 0 Å². The van der Waals surface area contributed by atoms with E-state index in [0.29, 0.717) is 145 Å². The normalized spacial score (nSPS) is 16.7. The number of halogens is 3. The van der Waals surface area contributed by atoms with Gasteiger partial charge in [-0.05, 0) is 255 Å². The number of nitrogens with zero attached hydrogens (tertiary/aromatic N) is 12. The third-order valence-electron chi connectivity index (χ3n) is 24.1. The van der Waals surface area contributed by atoms with Crippen LogP contribution in [0, 0.1) is 44.9 Å². The zero-order valence-corrected chi connectivity index (χ0v) is 84.2. The third kappa shape index (κ3) is 31.8. The minimum absolute atomic E-state index is 0. The Labute approximate surface area is 848 Å². The van der Waals surface area contributed by atoms with Gasteiger partial charge in [-0.1, -0.05) is 124 Å². The molecule has 0 amide bonds. The molecular weight excluding hydrogens is 1900 g/mol. The fourth-order valence-corrected chi connectivity index (χ4v) is 17.7. The van der Waals surface area contributed by atoms with Crippen molar-refractivity contribution < 1.29 is 110 Å². The molecule has 4 saturated heterocycles. The van der Waals surface area contributed by atoms with Gasteiger partial charge in [0, 0.05) is 116 Å². The van der Waals surface area contributed by atoms with Crippen molar-refractivity contribution in [2.24, 2.45) is 23.6 Å². The van der Waals surface area contributed by atoms with Gasteiger partial charge < -0.3 is 94.2 Å². The van der Waals surface area contributed by atoms with E-state index in [4.69, 9.17) is 77.7 Å². The zero-order valence-electron chi connectivity index (χ0n) is 78.3. The van der Waals surface area contributed by atoms with E-state index in [1.807, 2.05) is 43.0 Å². The molecule has 0 bridgehead atoms. The molecule has 8 fully saturated rings. The molecule has 0 spiro atoms. The van der Waals surface area contributed by atoms with Crippen molar-refractivity contribution in [2.45, 2.75) is 239 Å². The molecular formula is C97H142BrCl2N16NaO19S. The first-order chi connectivity index (χ1) is 62.5. The summed E-state index contributed by atoms with van der Waals surface area (Å²) in [5.74, 6) is 6.41. The molecule has 7 N–H and O–H groups in total. The smallest absolute Gasteiger partial charge is 0.870 e. The van der Waals surface area contributed by atoms with Crippen molar-refractivity contribution in [2.75, 3.05) is 138 Å². The summed E-state index contributed by atoms with van der Waals surface area (Å²) in [6, 6.07) is 29.7. The van der Waals surface area contributed by atoms with E-state index in [-0.39, 0.29) is 117 Å². The number of ether oxygens (including phenoxy) is 8. The molecule has 1 aromatic carbocycles. The fraction of sp³-hybridized carbons (Fsp3) is 0.567. The van der Waals surface area contributed by atoms with Crippen molar-refractivity contribution in [3.05, 3.63) is 185 Å². The minimum atomic E-state index is -3.49. The summed E-state index contributed by atoms with van der Waals surface area (Å²) in [6.07, 6.45) is 15.8. The number of nitro groups is 2. The van der Waals surface area contributed by atoms with Crippen LogP contribution in [0.1, 0.15) is 209 Å². The van der Waals surface area contributed by atoms with E-state index in [2.05, 4.69) is 115 Å². The van der Waals surface area contributed by atoms with Crippen LogP contribution < -0.4 is 70.9 Å². The second kappa shape index (κ2) is 55.3. The third-order valence-corrected chi connectivity index (χ3v) is 26.3. The van der Waals surface area contributed by atoms with Gasteiger partial charge in [-0.3, -0.25) is 25.0 Å². The molecule has 10 heterocycles. The summed E-state index contributed by atoms with van der Waals surface area (Å²) in [5.41, 5.74) is 10.6. The van der Waals surface area contributed by atoms with Gasteiger partial charge in [0.25, 0.3) is 10.0 Å². The van der Waals surface area contributed by atoms with Crippen LogP contribution in [0.4, 0.5) is 51.8 Å². The van der Waals surface area contributed by atoms with Crippen molar-refractivity contribution >= 4 is 125 Å². The number of aromatic nitrogens is 6. The standard InChI is InChI=1S/C24H31ClN4O3.C19H27N3O5.C19H25N3O5.C19H29N3O3.C7H10N2O2S.C5H3BrClN.4CH4.Na.H2O/c1-16(2)15-29(18-8-12-32-13-9-18)19-5-6-20(24(10-11-24)23(30)31-3)27-22(19)28-21-7-4-17(25)14-26-21;2*1-13(2)12-21(14-6-10-27-11-7-14)15-4-5-16(20-17(15)22(24)25)19(8-9-19)18(23)26-3;1-13(2)12-22(14-6-10-25-11-7-14)15-4-5-16(21-17(15)20)19(8-9-19)18(23)24-3;1-6-2-4-7(5-3-6)12(10,11)9-8;6-5-2-1-4(7)3-8-5;;;;;;/h4-7,14,16,18H,8-13,15H2,1-3H3,(H,26,27,28);4-5,13-14H,6-12H2,1-3H3;4-5,14H,1,6-12H2,2-3H3;4-5,13-14H,6-12H2,1-3H3,(H2,20,21);2-5,9H,8H2,1H3;1-3H;4*1H4;;1H2/q;;;;;;;;;;+1;/p-1. The van der Waals surface area contributed by atoms with Crippen LogP contribution in [-0.4, -0.2) is 209 Å². The summed E-state index contributed by atoms with van der Waals surface area (Å²) in [6.45, 7) is 29.5. The molecule has 4 saturated carbocycles. The van der Waals surface area contributed by atoms with Crippen LogP contribution in [0.2, 0.25) is 10.0 Å². The number of anilines is 7. The van der Waals surface area contributed by atoms with Crippen LogP contribution >= 0.6 is 39.1 Å². The number of carbonyl (C=O) groups excluding carboxylic acids is 4. The number of benzene rings is 1. The minimum Gasteiger partial charge on any atom is -0.870 e. The van der Waals surface area contributed by atoms with Crippen LogP contribution in [0.3, 0.4) is 0 Å². The summed E-state index contributed by atoms with van der Waals surface area (Å²) < 4.78 is 64.7. The Hall–Kier alpha value is -8.93. The second-order valence-electron chi connectivity index (χ2n) is 35.4. The number of hydrogen-bond donors (Lipinski definition) is 4. The molecule has 4 aliphatic carbocycles. The summed E-state index contributed by atoms with van der Waals surface area (Å²) in [7, 11) is 2.03. The maximum absolute atomic E-state index is 12.5. The van der Waals surface area contributed by atoms with E-state index >= 15 is 0 Å². The van der Waals surface area contributed by atoms with Gasteiger partial charge in [0.15, 0.2) is 17.2 Å².